The maximum Gasteiger partial charge on any atom is 0.0201 e. The smallest absolute Gasteiger partial charge is 0.0201 e. The SMILES string of the molecule is CC(C)c1ccccc1-c1ccccc1Sc1ccccc1-c1ccccc1C(C)C. The fourth-order valence-electron chi connectivity index (χ4n) is 4.17. The Kier molecular flexibility index (Phi) is 6.63. The Morgan fingerprint density at radius 3 is 1.13 bits per heavy atom. The molecule has 1 heteroatoms. The first-order chi connectivity index (χ1) is 15.1. The minimum Gasteiger partial charge on any atom is -0.0888 e. The number of rotatable bonds is 6. The monoisotopic (exact) mass is 422 g/mol. The largest absolute Gasteiger partial charge is 0.0888 e. The molecule has 31 heavy (non-hydrogen) atoms. The van der Waals surface area contributed by atoms with Gasteiger partial charge in [-0.15, -0.1) is 0 Å². The highest BCUT2D eigenvalue weighted by Crippen LogP contribution is 2.43. The van der Waals surface area contributed by atoms with Crippen LogP contribution >= 0.6 is 11.8 Å². The van der Waals surface area contributed by atoms with Gasteiger partial charge in [0.2, 0.25) is 0 Å². The normalized spacial score (nSPS) is 11.3. The molecular formula is C30H30S. The van der Waals surface area contributed by atoms with Gasteiger partial charge in [0.1, 0.15) is 0 Å². The van der Waals surface area contributed by atoms with Gasteiger partial charge in [0.25, 0.3) is 0 Å². The Hall–Kier alpha value is -2.77. The molecule has 0 aromatic heterocycles. The van der Waals surface area contributed by atoms with Crippen LogP contribution in [0.2, 0.25) is 0 Å². The van der Waals surface area contributed by atoms with Crippen molar-refractivity contribution in [3.8, 4) is 22.3 Å². The summed E-state index contributed by atoms with van der Waals surface area (Å²) in [6.45, 7) is 9.08. The Morgan fingerprint density at radius 2 is 0.742 bits per heavy atom. The minimum absolute atomic E-state index is 0.486. The van der Waals surface area contributed by atoms with Crippen LogP contribution in [-0.4, -0.2) is 0 Å². The standard InChI is InChI=1S/C30H30S/c1-21(2)23-13-5-7-15-25(23)27-17-9-11-19-29(27)31-30-20-12-10-18-28(30)26-16-8-6-14-24(26)22(3)4/h5-22H,1-4H3. The molecule has 0 heterocycles. The van der Waals surface area contributed by atoms with E-state index in [1.807, 2.05) is 11.8 Å². The highest BCUT2D eigenvalue weighted by molar-refractivity contribution is 7.99. The van der Waals surface area contributed by atoms with Crippen molar-refractivity contribution in [2.75, 3.05) is 0 Å². The second-order valence-corrected chi connectivity index (χ2v) is 9.66. The van der Waals surface area contributed by atoms with Crippen molar-refractivity contribution in [3.05, 3.63) is 108 Å². The van der Waals surface area contributed by atoms with Gasteiger partial charge in [0.15, 0.2) is 0 Å². The summed E-state index contributed by atoms with van der Waals surface area (Å²) in [5, 5.41) is 0. The Morgan fingerprint density at radius 1 is 0.419 bits per heavy atom. The van der Waals surface area contributed by atoms with Gasteiger partial charge in [-0.05, 0) is 57.3 Å². The Labute approximate surface area is 191 Å². The highest BCUT2D eigenvalue weighted by Gasteiger charge is 2.15. The maximum atomic E-state index is 2.27. The van der Waals surface area contributed by atoms with Crippen LogP contribution in [0.3, 0.4) is 0 Å². The van der Waals surface area contributed by atoms with Crippen LogP contribution in [0.1, 0.15) is 50.7 Å². The van der Waals surface area contributed by atoms with Gasteiger partial charge < -0.3 is 0 Å². The molecule has 0 radical (unpaired) electrons. The van der Waals surface area contributed by atoms with E-state index in [-0.39, 0.29) is 0 Å². The number of hydrogen-bond acceptors (Lipinski definition) is 1. The van der Waals surface area contributed by atoms with Crippen LogP contribution < -0.4 is 0 Å². The van der Waals surface area contributed by atoms with Crippen LogP contribution in [0.25, 0.3) is 22.3 Å². The van der Waals surface area contributed by atoms with Crippen LogP contribution in [0.4, 0.5) is 0 Å². The predicted octanol–water partition coefficient (Wildman–Crippen LogP) is 9.42. The lowest BCUT2D eigenvalue weighted by atomic mass is 9.92. The second kappa shape index (κ2) is 9.58. The first-order valence-electron chi connectivity index (χ1n) is 11.1. The van der Waals surface area contributed by atoms with E-state index in [0.29, 0.717) is 11.8 Å². The van der Waals surface area contributed by atoms with Crippen molar-refractivity contribution in [1.82, 2.24) is 0 Å². The minimum atomic E-state index is 0.486. The lowest BCUT2D eigenvalue weighted by Gasteiger charge is -2.18. The summed E-state index contributed by atoms with van der Waals surface area (Å²) in [4.78, 5) is 2.59. The van der Waals surface area contributed by atoms with Gasteiger partial charge in [-0.3, -0.25) is 0 Å². The summed E-state index contributed by atoms with van der Waals surface area (Å²) in [6, 6.07) is 35.2. The molecule has 4 aromatic rings. The Balaban J connectivity index is 1.81. The summed E-state index contributed by atoms with van der Waals surface area (Å²) >= 11 is 1.87. The molecular weight excluding hydrogens is 392 g/mol. The fraction of sp³-hybridized carbons (Fsp3) is 0.200. The molecule has 0 aliphatic rings. The van der Waals surface area contributed by atoms with Crippen LogP contribution in [-0.2, 0) is 0 Å². The molecule has 0 atom stereocenters. The molecule has 0 fully saturated rings. The zero-order valence-corrected chi connectivity index (χ0v) is 19.6. The molecule has 0 aliphatic heterocycles. The number of benzene rings is 4. The summed E-state index contributed by atoms with van der Waals surface area (Å²) in [5.41, 5.74) is 8.08. The average molecular weight is 423 g/mol. The van der Waals surface area contributed by atoms with E-state index >= 15 is 0 Å². The van der Waals surface area contributed by atoms with E-state index < -0.39 is 0 Å². The van der Waals surface area contributed by atoms with Gasteiger partial charge >= 0.3 is 0 Å². The first-order valence-corrected chi connectivity index (χ1v) is 11.9. The lowest BCUT2D eigenvalue weighted by Crippen LogP contribution is -1.94. The molecule has 4 rings (SSSR count). The Bertz CT molecular complexity index is 1080. The third kappa shape index (κ3) is 4.62. The van der Waals surface area contributed by atoms with Gasteiger partial charge in [-0.2, -0.15) is 0 Å². The molecule has 0 N–H and O–H groups in total. The summed E-state index contributed by atoms with van der Waals surface area (Å²) < 4.78 is 0. The van der Waals surface area contributed by atoms with Gasteiger partial charge in [-0.1, -0.05) is 124 Å². The zero-order chi connectivity index (χ0) is 21.8. The van der Waals surface area contributed by atoms with Crippen molar-refractivity contribution in [2.24, 2.45) is 0 Å². The zero-order valence-electron chi connectivity index (χ0n) is 18.8. The second-order valence-electron chi connectivity index (χ2n) is 8.58. The van der Waals surface area contributed by atoms with Crippen molar-refractivity contribution < 1.29 is 0 Å². The predicted molar refractivity (Wildman–Crippen MR) is 136 cm³/mol. The third-order valence-electron chi connectivity index (χ3n) is 5.74. The van der Waals surface area contributed by atoms with Crippen LogP contribution in [0.15, 0.2) is 107 Å². The van der Waals surface area contributed by atoms with E-state index in [1.54, 1.807) is 0 Å². The van der Waals surface area contributed by atoms with Crippen molar-refractivity contribution >= 4 is 11.8 Å². The first kappa shape index (κ1) is 21.5. The van der Waals surface area contributed by atoms with E-state index in [1.165, 1.54) is 43.2 Å². The van der Waals surface area contributed by atoms with Crippen molar-refractivity contribution in [3.63, 3.8) is 0 Å². The number of hydrogen-bond donors (Lipinski definition) is 0. The van der Waals surface area contributed by atoms with Gasteiger partial charge in [0, 0.05) is 9.79 Å². The molecule has 0 nitrogen and oxygen atoms in total. The van der Waals surface area contributed by atoms with Crippen molar-refractivity contribution in [2.45, 2.75) is 49.3 Å². The molecule has 0 unspecified atom stereocenters. The molecule has 0 aliphatic carbocycles. The highest BCUT2D eigenvalue weighted by atomic mass is 32.2. The van der Waals surface area contributed by atoms with Crippen molar-refractivity contribution in [1.29, 1.82) is 0 Å². The summed E-state index contributed by atoms with van der Waals surface area (Å²) in [6.07, 6.45) is 0. The van der Waals surface area contributed by atoms with E-state index in [9.17, 15) is 0 Å². The average Bonchev–Trinajstić information content (AvgIpc) is 2.80. The maximum absolute atomic E-state index is 2.27. The quantitative estimate of drug-likeness (QED) is 0.298. The molecule has 0 saturated carbocycles. The summed E-state index contributed by atoms with van der Waals surface area (Å²) in [5.74, 6) is 0.971. The lowest BCUT2D eigenvalue weighted by molar-refractivity contribution is 0.868. The topological polar surface area (TPSA) is 0 Å². The van der Waals surface area contributed by atoms with E-state index in [0.717, 1.165) is 0 Å². The van der Waals surface area contributed by atoms with E-state index in [2.05, 4.69) is 125 Å². The molecule has 0 spiro atoms. The summed E-state index contributed by atoms with van der Waals surface area (Å²) in [7, 11) is 0. The third-order valence-corrected chi connectivity index (χ3v) is 6.89. The van der Waals surface area contributed by atoms with E-state index in [4.69, 9.17) is 0 Å². The molecule has 4 aromatic carbocycles. The molecule has 0 amide bonds. The van der Waals surface area contributed by atoms with Gasteiger partial charge in [-0.25, -0.2) is 0 Å². The molecule has 0 bridgehead atoms. The van der Waals surface area contributed by atoms with Crippen LogP contribution in [0, 0.1) is 0 Å². The fourth-order valence-corrected chi connectivity index (χ4v) is 5.27. The molecule has 0 saturated heterocycles. The van der Waals surface area contributed by atoms with Gasteiger partial charge in [0.05, 0.1) is 0 Å². The van der Waals surface area contributed by atoms with Crippen LogP contribution in [0.5, 0.6) is 0 Å². The molecule has 156 valence electrons.